The Labute approximate surface area is 173 Å². The SMILES string of the molecule is CCOc1ccc(C(C)=O)cc1CSc1nnc(-c2cc(OC)cc(OC)c2)o1. The number of thioether (sulfide) groups is 1. The normalized spacial score (nSPS) is 10.6. The molecule has 3 aromatic rings. The van der Waals surface area contributed by atoms with Crippen molar-refractivity contribution in [1.29, 1.82) is 0 Å². The van der Waals surface area contributed by atoms with Gasteiger partial charge in [0.15, 0.2) is 5.78 Å². The second kappa shape index (κ2) is 9.47. The lowest BCUT2D eigenvalue weighted by atomic mass is 10.1. The molecule has 0 bridgehead atoms. The second-order valence-corrected chi connectivity index (χ2v) is 7.00. The monoisotopic (exact) mass is 414 g/mol. The fourth-order valence-corrected chi connectivity index (χ4v) is 3.40. The van der Waals surface area contributed by atoms with Crippen molar-refractivity contribution in [3.05, 3.63) is 47.5 Å². The van der Waals surface area contributed by atoms with Crippen LogP contribution in [0.3, 0.4) is 0 Å². The smallest absolute Gasteiger partial charge is 0.277 e. The number of benzene rings is 2. The zero-order valence-electron chi connectivity index (χ0n) is 16.7. The molecule has 0 aliphatic heterocycles. The van der Waals surface area contributed by atoms with Crippen molar-refractivity contribution >= 4 is 17.5 Å². The fraction of sp³-hybridized carbons (Fsp3) is 0.286. The van der Waals surface area contributed by atoms with Crippen molar-refractivity contribution in [3.63, 3.8) is 0 Å². The summed E-state index contributed by atoms with van der Waals surface area (Å²) in [5.74, 6) is 2.91. The van der Waals surface area contributed by atoms with Crippen molar-refractivity contribution < 1.29 is 23.4 Å². The minimum atomic E-state index is 0.00588. The number of carbonyl (C=O) groups excluding carboxylic acids is 1. The first kappa shape index (κ1) is 20.7. The van der Waals surface area contributed by atoms with Gasteiger partial charge < -0.3 is 18.6 Å². The van der Waals surface area contributed by atoms with Gasteiger partial charge in [-0.25, -0.2) is 0 Å². The van der Waals surface area contributed by atoms with Gasteiger partial charge in [0.05, 0.1) is 20.8 Å². The molecule has 0 aliphatic rings. The van der Waals surface area contributed by atoms with Crippen molar-refractivity contribution in [2.75, 3.05) is 20.8 Å². The third kappa shape index (κ3) is 5.08. The molecule has 2 aromatic carbocycles. The number of ketones is 1. The highest BCUT2D eigenvalue weighted by molar-refractivity contribution is 7.98. The first-order chi connectivity index (χ1) is 14.0. The molecule has 0 saturated heterocycles. The van der Waals surface area contributed by atoms with Gasteiger partial charge in [-0.3, -0.25) is 4.79 Å². The van der Waals surface area contributed by atoms with Crippen LogP contribution in [-0.2, 0) is 5.75 Å². The lowest BCUT2D eigenvalue weighted by molar-refractivity contribution is 0.101. The van der Waals surface area contributed by atoms with E-state index >= 15 is 0 Å². The Morgan fingerprint density at radius 1 is 1.07 bits per heavy atom. The van der Waals surface area contributed by atoms with Crippen LogP contribution < -0.4 is 14.2 Å². The number of carbonyl (C=O) groups is 1. The number of hydrogen-bond acceptors (Lipinski definition) is 8. The largest absolute Gasteiger partial charge is 0.497 e. The van der Waals surface area contributed by atoms with Crippen LogP contribution in [0.1, 0.15) is 29.8 Å². The van der Waals surface area contributed by atoms with E-state index in [1.54, 1.807) is 45.4 Å². The molecule has 3 rings (SSSR count). The molecule has 0 radical (unpaired) electrons. The molecule has 8 heteroatoms. The van der Waals surface area contributed by atoms with Crippen LogP contribution in [0.5, 0.6) is 17.2 Å². The van der Waals surface area contributed by atoms with E-state index in [1.165, 1.54) is 11.8 Å². The maximum Gasteiger partial charge on any atom is 0.277 e. The van der Waals surface area contributed by atoms with Crippen LogP contribution in [0.4, 0.5) is 0 Å². The summed E-state index contributed by atoms with van der Waals surface area (Å²) >= 11 is 1.38. The van der Waals surface area contributed by atoms with E-state index < -0.39 is 0 Å². The van der Waals surface area contributed by atoms with E-state index in [0.29, 0.717) is 46.1 Å². The highest BCUT2D eigenvalue weighted by Gasteiger charge is 2.14. The number of nitrogens with zero attached hydrogens (tertiary/aromatic N) is 2. The summed E-state index contributed by atoms with van der Waals surface area (Å²) in [5, 5.41) is 8.64. The van der Waals surface area contributed by atoms with Crippen molar-refractivity contribution in [2.45, 2.75) is 24.8 Å². The quantitative estimate of drug-likeness (QED) is 0.370. The van der Waals surface area contributed by atoms with Gasteiger partial charge in [0.2, 0.25) is 5.89 Å². The second-order valence-electron chi connectivity index (χ2n) is 6.07. The lowest BCUT2D eigenvalue weighted by Crippen LogP contribution is -1.99. The molecule has 0 N–H and O–H groups in total. The molecule has 0 saturated carbocycles. The van der Waals surface area contributed by atoms with Gasteiger partial charge in [0.1, 0.15) is 17.2 Å². The topological polar surface area (TPSA) is 83.7 Å². The van der Waals surface area contributed by atoms with Gasteiger partial charge in [-0.1, -0.05) is 11.8 Å². The number of rotatable bonds is 9. The van der Waals surface area contributed by atoms with Crippen LogP contribution in [-0.4, -0.2) is 36.8 Å². The maximum absolute atomic E-state index is 11.7. The Hall–Kier alpha value is -3.00. The molecule has 0 fully saturated rings. The molecular formula is C21H22N2O5S. The van der Waals surface area contributed by atoms with Crippen LogP contribution in [0, 0.1) is 0 Å². The van der Waals surface area contributed by atoms with Crippen molar-refractivity contribution in [2.24, 2.45) is 0 Å². The average Bonchev–Trinajstić information content (AvgIpc) is 3.21. The van der Waals surface area contributed by atoms with Gasteiger partial charge in [-0.05, 0) is 44.2 Å². The number of ether oxygens (including phenoxy) is 3. The van der Waals surface area contributed by atoms with E-state index in [2.05, 4.69) is 10.2 Å². The van der Waals surface area contributed by atoms with E-state index in [-0.39, 0.29) is 5.78 Å². The summed E-state index contributed by atoms with van der Waals surface area (Å²) in [6.07, 6.45) is 0. The average molecular weight is 414 g/mol. The van der Waals surface area contributed by atoms with Crippen molar-refractivity contribution in [1.82, 2.24) is 10.2 Å². The third-order valence-electron chi connectivity index (χ3n) is 4.12. The fourth-order valence-electron chi connectivity index (χ4n) is 2.66. The van der Waals surface area contributed by atoms with Gasteiger partial charge in [-0.15, -0.1) is 10.2 Å². The summed E-state index contributed by atoms with van der Waals surface area (Å²) in [4.78, 5) is 11.7. The van der Waals surface area contributed by atoms with Crippen LogP contribution >= 0.6 is 11.8 Å². The first-order valence-corrected chi connectivity index (χ1v) is 9.99. The van der Waals surface area contributed by atoms with Crippen LogP contribution in [0.2, 0.25) is 0 Å². The van der Waals surface area contributed by atoms with E-state index in [0.717, 1.165) is 11.3 Å². The molecule has 1 heterocycles. The summed E-state index contributed by atoms with van der Waals surface area (Å²) in [5.41, 5.74) is 2.24. The zero-order valence-corrected chi connectivity index (χ0v) is 17.5. The molecule has 0 aliphatic carbocycles. The summed E-state index contributed by atoms with van der Waals surface area (Å²) in [6, 6.07) is 10.8. The number of aromatic nitrogens is 2. The zero-order chi connectivity index (χ0) is 20.8. The van der Waals surface area contributed by atoms with Gasteiger partial charge in [0.25, 0.3) is 5.22 Å². The Morgan fingerprint density at radius 3 is 2.41 bits per heavy atom. The number of hydrogen-bond donors (Lipinski definition) is 0. The predicted molar refractivity (Wildman–Crippen MR) is 110 cm³/mol. The van der Waals surface area contributed by atoms with Gasteiger partial charge >= 0.3 is 0 Å². The predicted octanol–water partition coefficient (Wildman–Crippen LogP) is 4.65. The molecule has 29 heavy (non-hydrogen) atoms. The maximum atomic E-state index is 11.7. The summed E-state index contributed by atoms with van der Waals surface area (Å²) < 4.78 is 22.0. The van der Waals surface area contributed by atoms with E-state index in [4.69, 9.17) is 18.6 Å². The molecule has 0 atom stereocenters. The Morgan fingerprint density at radius 2 is 1.79 bits per heavy atom. The highest BCUT2D eigenvalue weighted by atomic mass is 32.2. The molecule has 0 amide bonds. The standard InChI is InChI=1S/C21H22N2O5S/c1-5-27-19-7-6-14(13(2)24)8-16(19)12-29-21-23-22-20(28-21)15-9-17(25-3)11-18(10-15)26-4/h6-11H,5,12H2,1-4H3. The Balaban J connectivity index is 1.79. The minimum Gasteiger partial charge on any atom is -0.497 e. The highest BCUT2D eigenvalue weighted by Crippen LogP contribution is 2.32. The minimum absolute atomic E-state index is 0.00588. The van der Waals surface area contributed by atoms with Crippen LogP contribution in [0.25, 0.3) is 11.5 Å². The molecule has 1 aromatic heterocycles. The Bertz CT molecular complexity index is 980. The number of methoxy groups -OCH3 is 2. The molecular weight excluding hydrogens is 392 g/mol. The molecule has 0 spiro atoms. The molecule has 152 valence electrons. The van der Waals surface area contributed by atoms with E-state index in [1.807, 2.05) is 19.1 Å². The van der Waals surface area contributed by atoms with Gasteiger partial charge in [0, 0.05) is 28.5 Å². The Kier molecular flexibility index (Phi) is 6.77. The molecule has 0 unspecified atom stereocenters. The lowest BCUT2D eigenvalue weighted by Gasteiger charge is -2.10. The van der Waals surface area contributed by atoms with E-state index in [9.17, 15) is 4.79 Å². The number of Topliss-reactive ketones (excluding diaryl/α,β-unsaturated/α-hetero) is 1. The van der Waals surface area contributed by atoms with Crippen LogP contribution in [0.15, 0.2) is 46.0 Å². The molecule has 7 nitrogen and oxygen atoms in total. The summed E-state index contributed by atoms with van der Waals surface area (Å²) in [6.45, 7) is 4.00. The van der Waals surface area contributed by atoms with Crippen molar-refractivity contribution in [3.8, 4) is 28.7 Å². The van der Waals surface area contributed by atoms with Gasteiger partial charge in [-0.2, -0.15) is 0 Å². The first-order valence-electron chi connectivity index (χ1n) is 9.00. The summed E-state index contributed by atoms with van der Waals surface area (Å²) in [7, 11) is 3.16. The third-order valence-corrected chi connectivity index (χ3v) is 4.99.